The number of hydrogen-bond donors (Lipinski definition) is 1. The molecule has 0 aliphatic heterocycles. The number of hydrogen-bond acceptors (Lipinski definition) is 4. The fraction of sp³-hybridized carbons (Fsp3) is 0.0526. The third-order valence-corrected chi connectivity index (χ3v) is 3.59. The first-order chi connectivity index (χ1) is 12.6. The van der Waals surface area contributed by atoms with E-state index in [9.17, 15) is 14.0 Å². The van der Waals surface area contributed by atoms with Crippen LogP contribution in [0.1, 0.15) is 5.56 Å². The summed E-state index contributed by atoms with van der Waals surface area (Å²) in [6.45, 7) is -0.335. The van der Waals surface area contributed by atoms with Gasteiger partial charge in [0.15, 0.2) is 0 Å². The summed E-state index contributed by atoms with van der Waals surface area (Å²) in [7, 11) is 0. The molecule has 0 fully saturated rings. The summed E-state index contributed by atoms with van der Waals surface area (Å²) in [5, 5.41) is 15.5. The van der Waals surface area contributed by atoms with Crippen LogP contribution in [-0.4, -0.2) is 15.7 Å². The number of nitrogens with zero attached hydrogens (tertiary/aromatic N) is 3. The molecule has 0 bridgehead atoms. The molecule has 0 aliphatic carbocycles. The van der Waals surface area contributed by atoms with Crippen LogP contribution in [0.5, 0.6) is 0 Å². The molecule has 3 rings (SSSR count). The third kappa shape index (κ3) is 3.82. The summed E-state index contributed by atoms with van der Waals surface area (Å²) >= 11 is 0. The molecule has 0 radical (unpaired) electrons. The van der Waals surface area contributed by atoms with Gasteiger partial charge in [0.1, 0.15) is 12.4 Å². The van der Waals surface area contributed by atoms with Gasteiger partial charge in [-0.3, -0.25) is 9.59 Å². The standard InChI is InChI=1S/C19H13FN4O2/c20-16-7-2-1-6-15(16)17-8-9-19(26)24(23-17)12-18(25)22-14-5-3-4-13(10-14)11-21/h1-10H,12H2,(H,22,25). The molecule has 0 atom stereocenters. The topological polar surface area (TPSA) is 87.8 Å². The zero-order valence-corrected chi connectivity index (χ0v) is 13.5. The van der Waals surface area contributed by atoms with Crippen molar-refractivity contribution in [2.75, 3.05) is 5.32 Å². The van der Waals surface area contributed by atoms with Crippen molar-refractivity contribution < 1.29 is 9.18 Å². The van der Waals surface area contributed by atoms with Gasteiger partial charge in [-0.2, -0.15) is 10.4 Å². The Labute approximate surface area is 148 Å². The Morgan fingerprint density at radius 1 is 1.15 bits per heavy atom. The fourth-order valence-corrected chi connectivity index (χ4v) is 2.38. The smallest absolute Gasteiger partial charge is 0.267 e. The highest BCUT2D eigenvalue weighted by atomic mass is 19.1. The lowest BCUT2D eigenvalue weighted by Gasteiger charge is -2.09. The van der Waals surface area contributed by atoms with Gasteiger partial charge in [0.2, 0.25) is 5.91 Å². The van der Waals surface area contributed by atoms with Crippen molar-refractivity contribution in [3.8, 4) is 17.3 Å². The van der Waals surface area contributed by atoms with Gasteiger partial charge < -0.3 is 5.32 Å². The number of carbonyl (C=O) groups is 1. The van der Waals surface area contributed by atoms with E-state index in [2.05, 4.69) is 10.4 Å². The Morgan fingerprint density at radius 2 is 1.96 bits per heavy atom. The second-order valence-corrected chi connectivity index (χ2v) is 5.44. The summed E-state index contributed by atoms with van der Waals surface area (Å²) in [5.74, 6) is -0.955. The van der Waals surface area contributed by atoms with Crippen molar-refractivity contribution in [3.05, 3.63) is 82.4 Å². The van der Waals surface area contributed by atoms with E-state index in [1.807, 2.05) is 6.07 Å². The van der Waals surface area contributed by atoms with E-state index < -0.39 is 17.3 Å². The molecule has 0 saturated heterocycles. The zero-order chi connectivity index (χ0) is 18.5. The third-order valence-electron chi connectivity index (χ3n) is 3.59. The lowest BCUT2D eigenvalue weighted by Crippen LogP contribution is -2.29. The monoisotopic (exact) mass is 348 g/mol. The lowest BCUT2D eigenvalue weighted by atomic mass is 10.1. The van der Waals surface area contributed by atoms with Gasteiger partial charge in [-0.25, -0.2) is 9.07 Å². The van der Waals surface area contributed by atoms with Crippen molar-refractivity contribution in [3.63, 3.8) is 0 Å². The van der Waals surface area contributed by atoms with Gasteiger partial charge in [-0.15, -0.1) is 0 Å². The number of halogens is 1. The van der Waals surface area contributed by atoms with Gasteiger partial charge in [-0.05, 0) is 36.4 Å². The molecule has 1 heterocycles. The fourth-order valence-electron chi connectivity index (χ4n) is 2.38. The largest absolute Gasteiger partial charge is 0.324 e. The number of aromatic nitrogens is 2. The Hall–Kier alpha value is -3.79. The average molecular weight is 348 g/mol. The molecular formula is C19H13FN4O2. The number of nitrogens with one attached hydrogen (secondary N) is 1. The summed E-state index contributed by atoms with van der Waals surface area (Å²) in [6.07, 6.45) is 0. The Bertz CT molecular complexity index is 1070. The normalized spacial score (nSPS) is 10.2. The minimum atomic E-state index is -0.486. The zero-order valence-electron chi connectivity index (χ0n) is 13.5. The van der Waals surface area contributed by atoms with Gasteiger partial charge >= 0.3 is 0 Å². The van der Waals surface area contributed by atoms with Crippen molar-refractivity contribution in [1.82, 2.24) is 9.78 Å². The summed E-state index contributed by atoms with van der Waals surface area (Å²) in [6, 6.07) is 17.1. The maximum Gasteiger partial charge on any atom is 0.267 e. The van der Waals surface area contributed by atoms with E-state index in [1.165, 1.54) is 24.3 Å². The Kier molecular flexibility index (Phi) is 4.85. The van der Waals surface area contributed by atoms with Crippen molar-refractivity contribution >= 4 is 11.6 Å². The second-order valence-electron chi connectivity index (χ2n) is 5.44. The molecule has 7 heteroatoms. The van der Waals surface area contributed by atoms with Gasteiger partial charge in [0.05, 0.1) is 17.3 Å². The number of carbonyl (C=O) groups excluding carboxylic acids is 1. The molecule has 3 aromatic rings. The molecule has 1 aromatic heterocycles. The maximum atomic E-state index is 13.9. The van der Waals surface area contributed by atoms with E-state index in [4.69, 9.17) is 5.26 Å². The lowest BCUT2D eigenvalue weighted by molar-refractivity contribution is -0.117. The molecule has 0 unspecified atom stereocenters. The van der Waals surface area contributed by atoms with Crippen molar-refractivity contribution in [2.24, 2.45) is 0 Å². The molecule has 0 aliphatic rings. The second kappa shape index (κ2) is 7.40. The number of rotatable bonds is 4. The van der Waals surface area contributed by atoms with Gasteiger partial charge in [0.25, 0.3) is 5.56 Å². The predicted molar refractivity (Wildman–Crippen MR) is 93.7 cm³/mol. The quantitative estimate of drug-likeness (QED) is 0.785. The highest BCUT2D eigenvalue weighted by molar-refractivity contribution is 5.90. The van der Waals surface area contributed by atoms with E-state index in [1.54, 1.807) is 36.4 Å². The maximum absolute atomic E-state index is 13.9. The van der Waals surface area contributed by atoms with Crippen LogP contribution < -0.4 is 10.9 Å². The van der Waals surface area contributed by atoms with Crippen LogP contribution in [-0.2, 0) is 11.3 Å². The molecular weight excluding hydrogens is 335 g/mol. The highest BCUT2D eigenvalue weighted by Crippen LogP contribution is 2.18. The first-order valence-corrected chi connectivity index (χ1v) is 7.70. The molecule has 6 nitrogen and oxygen atoms in total. The van der Waals surface area contributed by atoms with Crippen LogP contribution in [0.3, 0.4) is 0 Å². The predicted octanol–water partition coefficient (Wildman–Crippen LogP) is 2.56. The van der Waals surface area contributed by atoms with Crippen LogP contribution in [0, 0.1) is 17.1 Å². The molecule has 128 valence electrons. The number of benzene rings is 2. The number of nitriles is 1. The minimum absolute atomic E-state index is 0.239. The molecule has 1 N–H and O–H groups in total. The van der Waals surface area contributed by atoms with Crippen LogP contribution >= 0.6 is 0 Å². The van der Waals surface area contributed by atoms with E-state index >= 15 is 0 Å². The molecule has 2 aromatic carbocycles. The average Bonchev–Trinajstić information content (AvgIpc) is 2.64. The van der Waals surface area contributed by atoms with E-state index in [-0.39, 0.29) is 17.8 Å². The number of amides is 1. The van der Waals surface area contributed by atoms with Crippen molar-refractivity contribution in [1.29, 1.82) is 5.26 Å². The van der Waals surface area contributed by atoms with E-state index in [0.29, 0.717) is 11.3 Å². The summed E-state index contributed by atoms with van der Waals surface area (Å²) in [5.41, 5.74) is 0.850. The Morgan fingerprint density at radius 3 is 2.73 bits per heavy atom. The summed E-state index contributed by atoms with van der Waals surface area (Å²) < 4.78 is 14.9. The van der Waals surface area contributed by atoms with Crippen LogP contribution in [0.25, 0.3) is 11.3 Å². The van der Waals surface area contributed by atoms with Crippen LogP contribution in [0.2, 0.25) is 0 Å². The van der Waals surface area contributed by atoms with Crippen molar-refractivity contribution in [2.45, 2.75) is 6.54 Å². The molecule has 0 saturated carbocycles. The molecule has 26 heavy (non-hydrogen) atoms. The highest BCUT2D eigenvalue weighted by Gasteiger charge is 2.11. The first kappa shape index (κ1) is 17.0. The minimum Gasteiger partial charge on any atom is -0.324 e. The molecule has 0 spiro atoms. The van der Waals surface area contributed by atoms with E-state index in [0.717, 1.165) is 4.68 Å². The Balaban J connectivity index is 1.82. The summed E-state index contributed by atoms with van der Waals surface area (Å²) in [4.78, 5) is 24.1. The SMILES string of the molecule is N#Cc1cccc(NC(=O)Cn2nc(-c3ccccc3F)ccc2=O)c1. The van der Waals surface area contributed by atoms with Gasteiger partial charge in [-0.1, -0.05) is 18.2 Å². The molecule has 1 amide bonds. The van der Waals surface area contributed by atoms with Crippen LogP contribution in [0.15, 0.2) is 65.5 Å². The van der Waals surface area contributed by atoms with Gasteiger partial charge in [0, 0.05) is 17.3 Å². The van der Waals surface area contributed by atoms with Crippen LogP contribution in [0.4, 0.5) is 10.1 Å². The first-order valence-electron chi connectivity index (χ1n) is 7.70. The number of anilines is 1.